The van der Waals surface area contributed by atoms with Crippen LogP contribution in [0.5, 0.6) is 5.75 Å². The van der Waals surface area contributed by atoms with Crippen LogP contribution in [0.1, 0.15) is 5.56 Å². The topological polar surface area (TPSA) is 82.8 Å². The standard InChI is InChI=1S/C14H18N2O4/c1-19-8-6-16(11-14(17)18)7-9-20-13-4-2-12(10-15)3-5-13/h2-5H,6-9,11H2,1H3,(H,17,18). The Balaban J connectivity index is 2.38. The Bertz CT molecular complexity index is 453. The monoisotopic (exact) mass is 278 g/mol. The molecule has 1 N–H and O–H groups in total. The summed E-state index contributed by atoms with van der Waals surface area (Å²) in [6.45, 7) is 1.85. The number of carbonyl (C=O) groups is 1. The van der Waals surface area contributed by atoms with E-state index in [4.69, 9.17) is 19.8 Å². The minimum atomic E-state index is -0.875. The highest BCUT2D eigenvalue weighted by Gasteiger charge is 2.09. The summed E-state index contributed by atoms with van der Waals surface area (Å²) in [5, 5.41) is 17.5. The number of carboxylic acid groups (broad SMARTS) is 1. The molecule has 1 aromatic carbocycles. The molecule has 6 heteroatoms. The van der Waals surface area contributed by atoms with Gasteiger partial charge < -0.3 is 14.6 Å². The molecular formula is C14H18N2O4. The predicted molar refractivity (Wildman–Crippen MR) is 72.6 cm³/mol. The second kappa shape index (κ2) is 8.91. The number of benzene rings is 1. The summed E-state index contributed by atoms with van der Waals surface area (Å²) in [4.78, 5) is 12.5. The summed E-state index contributed by atoms with van der Waals surface area (Å²) in [6, 6.07) is 8.82. The van der Waals surface area contributed by atoms with E-state index in [2.05, 4.69) is 0 Å². The van der Waals surface area contributed by atoms with Crippen molar-refractivity contribution in [3.63, 3.8) is 0 Å². The first-order valence-electron chi connectivity index (χ1n) is 6.21. The zero-order valence-corrected chi connectivity index (χ0v) is 11.4. The fourth-order valence-electron chi connectivity index (χ4n) is 1.60. The van der Waals surface area contributed by atoms with Crippen LogP contribution in [0, 0.1) is 11.3 Å². The summed E-state index contributed by atoms with van der Waals surface area (Å²) in [6.07, 6.45) is 0. The van der Waals surface area contributed by atoms with Crippen LogP contribution in [0.4, 0.5) is 0 Å². The second-order valence-electron chi connectivity index (χ2n) is 4.15. The van der Waals surface area contributed by atoms with Gasteiger partial charge in [-0.1, -0.05) is 0 Å². The minimum absolute atomic E-state index is 0.0416. The zero-order valence-electron chi connectivity index (χ0n) is 11.4. The Hall–Kier alpha value is -2.10. The third-order valence-corrected chi connectivity index (χ3v) is 2.63. The molecule has 0 aliphatic rings. The van der Waals surface area contributed by atoms with E-state index in [1.54, 1.807) is 36.3 Å². The van der Waals surface area contributed by atoms with Crippen LogP contribution in [0.2, 0.25) is 0 Å². The Kier molecular flexibility index (Phi) is 7.11. The highest BCUT2D eigenvalue weighted by molar-refractivity contribution is 5.69. The van der Waals surface area contributed by atoms with Crippen molar-refractivity contribution >= 4 is 5.97 Å². The molecule has 1 rings (SSSR count). The lowest BCUT2D eigenvalue weighted by Gasteiger charge is -2.19. The largest absolute Gasteiger partial charge is 0.492 e. The quantitative estimate of drug-likeness (QED) is 0.724. The second-order valence-corrected chi connectivity index (χ2v) is 4.15. The molecule has 0 aromatic heterocycles. The zero-order chi connectivity index (χ0) is 14.8. The molecule has 108 valence electrons. The fraction of sp³-hybridized carbons (Fsp3) is 0.429. The molecule has 0 atom stereocenters. The molecule has 0 amide bonds. The Morgan fingerprint density at radius 2 is 1.95 bits per heavy atom. The van der Waals surface area contributed by atoms with Crippen molar-refractivity contribution in [1.82, 2.24) is 4.90 Å². The fourth-order valence-corrected chi connectivity index (χ4v) is 1.60. The number of aliphatic carboxylic acids is 1. The van der Waals surface area contributed by atoms with Gasteiger partial charge in [0, 0.05) is 20.2 Å². The first kappa shape index (κ1) is 16.0. The summed E-state index contributed by atoms with van der Waals surface area (Å²) in [5.41, 5.74) is 0.574. The first-order chi connectivity index (χ1) is 9.65. The van der Waals surface area contributed by atoms with E-state index in [9.17, 15) is 4.79 Å². The van der Waals surface area contributed by atoms with E-state index in [0.717, 1.165) is 0 Å². The molecular weight excluding hydrogens is 260 g/mol. The van der Waals surface area contributed by atoms with Crippen molar-refractivity contribution in [1.29, 1.82) is 5.26 Å². The van der Waals surface area contributed by atoms with Gasteiger partial charge in [0.1, 0.15) is 12.4 Å². The maximum Gasteiger partial charge on any atom is 0.317 e. The predicted octanol–water partition coefficient (Wildman–Crippen LogP) is 0.970. The summed E-state index contributed by atoms with van der Waals surface area (Å²) in [5.74, 6) is -0.217. The minimum Gasteiger partial charge on any atom is -0.492 e. The lowest BCUT2D eigenvalue weighted by molar-refractivity contribution is -0.138. The van der Waals surface area contributed by atoms with E-state index < -0.39 is 5.97 Å². The third kappa shape index (κ3) is 6.18. The van der Waals surface area contributed by atoms with Crippen LogP contribution in [-0.4, -0.2) is 55.9 Å². The van der Waals surface area contributed by atoms with Crippen LogP contribution >= 0.6 is 0 Å². The summed E-state index contributed by atoms with van der Waals surface area (Å²) >= 11 is 0. The third-order valence-electron chi connectivity index (χ3n) is 2.63. The number of nitrogens with zero attached hydrogens (tertiary/aromatic N) is 2. The van der Waals surface area contributed by atoms with Crippen molar-refractivity contribution < 1.29 is 19.4 Å². The average Bonchev–Trinajstić information content (AvgIpc) is 2.44. The van der Waals surface area contributed by atoms with Gasteiger partial charge in [-0.05, 0) is 24.3 Å². The van der Waals surface area contributed by atoms with Crippen LogP contribution in [0.15, 0.2) is 24.3 Å². The van der Waals surface area contributed by atoms with Crippen LogP contribution in [-0.2, 0) is 9.53 Å². The van der Waals surface area contributed by atoms with E-state index >= 15 is 0 Å². The van der Waals surface area contributed by atoms with E-state index in [1.807, 2.05) is 6.07 Å². The number of methoxy groups -OCH3 is 1. The number of ether oxygens (including phenoxy) is 2. The van der Waals surface area contributed by atoms with Gasteiger partial charge in [0.05, 0.1) is 24.8 Å². The van der Waals surface area contributed by atoms with Crippen LogP contribution in [0.25, 0.3) is 0 Å². The van der Waals surface area contributed by atoms with Crippen molar-refractivity contribution in [3.05, 3.63) is 29.8 Å². The Morgan fingerprint density at radius 3 is 2.50 bits per heavy atom. The van der Waals surface area contributed by atoms with Gasteiger partial charge in [-0.3, -0.25) is 9.69 Å². The van der Waals surface area contributed by atoms with Crippen molar-refractivity contribution in [2.24, 2.45) is 0 Å². The van der Waals surface area contributed by atoms with E-state index in [-0.39, 0.29) is 6.54 Å². The van der Waals surface area contributed by atoms with Crippen molar-refractivity contribution in [2.75, 3.05) is 40.0 Å². The maximum atomic E-state index is 10.7. The SMILES string of the molecule is COCCN(CCOc1ccc(C#N)cc1)CC(=O)O. The number of hydrogen-bond acceptors (Lipinski definition) is 5. The van der Waals surface area contributed by atoms with E-state index in [0.29, 0.717) is 37.6 Å². The molecule has 0 radical (unpaired) electrons. The number of nitriles is 1. The van der Waals surface area contributed by atoms with Gasteiger partial charge in [0.15, 0.2) is 0 Å². The molecule has 0 spiro atoms. The van der Waals surface area contributed by atoms with Gasteiger partial charge in [-0.15, -0.1) is 0 Å². The molecule has 6 nitrogen and oxygen atoms in total. The average molecular weight is 278 g/mol. The van der Waals surface area contributed by atoms with Gasteiger partial charge in [-0.25, -0.2) is 0 Å². The molecule has 0 saturated carbocycles. The summed E-state index contributed by atoms with van der Waals surface area (Å²) < 4.78 is 10.5. The lowest BCUT2D eigenvalue weighted by atomic mass is 10.2. The first-order valence-corrected chi connectivity index (χ1v) is 6.21. The van der Waals surface area contributed by atoms with Gasteiger partial charge in [0.2, 0.25) is 0 Å². The smallest absolute Gasteiger partial charge is 0.317 e. The Labute approximate surface area is 118 Å². The number of carboxylic acids is 1. The van der Waals surface area contributed by atoms with Crippen molar-refractivity contribution in [2.45, 2.75) is 0 Å². The molecule has 0 aliphatic heterocycles. The van der Waals surface area contributed by atoms with Crippen LogP contribution < -0.4 is 4.74 Å². The van der Waals surface area contributed by atoms with Gasteiger partial charge in [-0.2, -0.15) is 5.26 Å². The van der Waals surface area contributed by atoms with Crippen molar-refractivity contribution in [3.8, 4) is 11.8 Å². The molecule has 0 aliphatic carbocycles. The normalized spacial score (nSPS) is 10.2. The van der Waals surface area contributed by atoms with Crippen LogP contribution in [0.3, 0.4) is 0 Å². The summed E-state index contributed by atoms with van der Waals surface area (Å²) in [7, 11) is 1.58. The number of hydrogen-bond donors (Lipinski definition) is 1. The van der Waals surface area contributed by atoms with Gasteiger partial charge >= 0.3 is 5.97 Å². The number of rotatable bonds is 9. The molecule has 0 heterocycles. The molecule has 0 bridgehead atoms. The molecule has 1 aromatic rings. The molecule has 0 saturated heterocycles. The highest BCUT2D eigenvalue weighted by atomic mass is 16.5. The Morgan fingerprint density at radius 1 is 1.30 bits per heavy atom. The van der Waals surface area contributed by atoms with E-state index in [1.165, 1.54) is 0 Å². The molecule has 0 unspecified atom stereocenters. The lowest BCUT2D eigenvalue weighted by Crippen LogP contribution is -2.35. The van der Waals surface area contributed by atoms with Gasteiger partial charge in [0.25, 0.3) is 0 Å². The highest BCUT2D eigenvalue weighted by Crippen LogP contribution is 2.11. The maximum absolute atomic E-state index is 10.7. The molecule has 0 fully saturated rings. The molecule has 20 heavy (non-hydrogen) atoms.